The SMILES string of the molecule is CC(C)(C)OC(=O)N[C@@H](Cc1cccc(F)c1)C(=O)O.N[C@@H](Cc1cccc(F)c1)C(=O)O.S.S. The van der Waals surface area contributed by atoms with E-state index in [1.807, 2.05) is 0 Å². The van der Waals surface area contributed by atoms with Crippen LogP contribution < -0.4 is 11.1 Å². The number of amides is 1. The lowest BCUT2D eigenvalue weighted by atomic mass is 10.1. The number of rotatable bonds is 7. The number of benzene rings is 2. The lowest BCUT2D eigenvalue weighted by Crippen LogP contribution is -2.44. The molecule has 0 heterocycles. The second-order valence-corrected chi connectivity index (χ2v) is 8.15. The van der Waals surface area contributed by atoms with E-state index in [-0.39, 0.29) is 45.7 Å². The molecule has 8 nitrogen and oxygen atoms in total. The molecule has 0 aromatic heterocycles. The normalized spacial score (nSPS) is 11.8. The first kappa shape index (κ1) is 34.3. The van der Waals surface area contributed by atoms with Gasteiger partial charge in [-0.2, -0.15) is 27.0 Å². The molecule has 0 spiro atoms. The minimum Gasteiger partial charge on any atom is -0.480 e. The Morgan fingerprint density at radius 3 is 1.74 bits per heavy atom. The van der Waals surface area contributed by atoms with Crippen molar-refractivity contribution in [2.45, 2.75) is 51.3 Å². The van der Waals surface area contributed by atoms with Crippen LogP contribution in [0.15, 0.2) is 48.5 Å². The predicted molar refractivity (Wildman–Crippen MR) is 137 cm³/mol. The van der Waals surface area contributed by atoms with E-state index in [1.54, 1.807) is 32.9 Å². The maximum Gasteiger partial charge on any atom is 0.408 e. The third kappa shape index (κ3) is 14.9. The number of carboxylic acid groups (broad SMARTS) is 2. The highest BCUT2D eigenvalue weighted by Crippen LogP contribution is 2.10. The van der Waals surface area contributed by atoms with Gasteiger partial charge in [-0.25, -0.2) is 18.4 Å². The van der Waals surface area contributed by atoms with Crippen LogP contribution in [-0.2, 0) is 27.2 Å². The molecule has 0 saturated carbocycles. The van der Waals surface area contributed by atoms with Crippen molar-refractivity contribution < 1.29 is 38.1 Å². The molecule has 0 aliphatic carbocycles. The van der Waals surface area contributed by atoms with E-state index in [9.17, 15) is 23.2 Å². The fourth-order valence-corrected chi connectivity index (χ4v) is 2.55. The number of nitrogens with one attached hydrogen (secondary N) is 1. The molecular weight excluding hydrogens is 502 g/mol. The molecule has 2 aromatic carbocycles. The number of aliphatic carboxylic acids is 2. The van der Waals surface area contributed by atoms with Crippen LogP contribution in [0.2, 0.25) is 0 Å². The third-order valence-corrected chi connectivity index (χ3v) is 3.98. The van der Waals surface area contributed by atoms with Crippen LogP contribution in [0.3, 0.4) is 0 Å². The summed E-state index contributed by atoms with van der Waals surface area (Å²) in [5.74, 6) is -3.12. The molecule has 0 aliphatic rings. The number of hydrogen-bond donors (Lipinski definition) is 4. The summed E-state index contributed by atoms with van der Waals surface area (Å²) in [7, 11) is 0. The average Bonchev–Trinajstić information content (AvgIpc) is 2.66. The molecule has 0 fully saturated rings. The number of halogens is 2. The zero-order valence-electron chi connectivity index (χ0n) is 19.5. The van der Waals surface area contributed by atoms with Crippen LogP contribution >= 0.6 is 27.0 Å². The number of hydrogen-bond acceptors (Lipinski definition) is 5. The Kier molecular flexibility index (Phi) is 15.7. The van der Waals surface area contributed by atoms with E-state index in [1.165, 1.54) is 36.4 Å². The highest BCUT2D eigenvalue weighted by molar-refractivity contribution is 7.59. The van der Waals surface area contributed by atoms with Gasteiger partial charge >= 0.3 is 18.0 Å². The molecule has 0 radical (unpaired) electrons. The van der Waals surface area contributed by atoms with Crippen molar-refractivity contribution in [2.75, 3.05) is 0 Å². The fraction of sp³-hybridized carbons (Fsp3) is 0.348. The van der Waals surface area contributed by atoms with Crippen molar-refractivity contribution in [1.29, 1.82) is 0 Å². The zero-order valence-corrected chi connectivity index (χ0v) is 21.5. The van der Waals surface area contributed by atoms with E-state index in [0.29, 0.717) is 11.1 Å². The minimum absolute atomic E-state index is 0. The Morgan fingerprint density at radius 2 is 1.37 bits per heavy atom. The smallest absolute Gasteiger partial charge is 0.408 e. The van der Waals surface area contributed by atoms with E-state index in [2.05, 4.69) is 5.32 Å². The molecule has 2 rings (SSSR count). The maximum atomic E-state index is 13.0. The second-order valence-electron chi connectivity index (χ2n) is 8.15. The molecule has 5 N–H and O–H groups in total. The number of carbonyl (C=O) groups is 3. The van der Waals surface area contributed by atoms with Gasteiger partial charge in [-0.05, 0) is 62.6 Å². The third-order valence-electron chi connectivity index (χ3n) is 3.98. The van der Waals surface area contributed by atoms with Gasteiger partial charge in [0.25, 0.3) is 0 Å². The summed E-state index contributed by atoms with van der Waals surface area (Å²) < 4.78 is 30.7. The van der Waals surface area contributed by atoms with Crippen molar-refractivity contribution in [3.8, 4) is 0 Å². The summed E-state index contributed by atoms with van der Waals surface area (Å²) in [4.78, 5) is 33.1. The van der Waals surface area contributed by atoms with Crippen LogP contribution in [0, 0.1) is 11.6 Å². The van der Waals surface area contributed by atoms with Gasteiger partial charge in [-0.15, -0.1) is 0 Å². The van der Waals surface area contributed by atoms with Crippen molar-refractivity contribution in [2.24, 2.45) is 5.73 Å². The summed E-state index contributed by atoms with van der Waals surface area (Å²) in [5, 5.41) is 19.8. The van der Waals surface area contributed by atoms with Crippen LogP contribution in [0.4, 0.5) is 13.6 Å². The van der Waals surface area contributed by atoms with Gasteiger partial charge < -0.3 is 26.0 Å². The lowest BCUT2D eigenvalue weighted by molar-refractivity contribution is -0.140. The first-order valence-corrected chi connectivity index (χ1v) is 9.96. The zero-order chi connectivity index (χ0) is 25.2. The summed E-state index contributed by atoms with van der Waals surface area (Å²) in [5.41, 5.74) is 5.63. The first-order chi connectivity index (χ1) is 15.3. The molecule has 196 valence electrons. The van der Waals surface area contributed by atoms with Crippen LogP contribution in [0.5, 0.6) is 0 Å². The molecule has 35 heavy (non-hydrogen) atoms. The van der Waals surface area contributed by atoms with Gasteiger partial charge in [0.1, 0.15) is 29.3 Å². The maximum absolute atomic E-state index is 13.0. The van der Waals surface area contributed by atoms with E-state index >= 15 is 0 Å². The molecule has 1 amide bonds. The summed E-state index contributed by atoms with van der Waals surface area (Å²) in [6.07, 6.45) is -0.694. The number of alkyl carbamates (subject to hydrolysis) is 1. The van der Waals surface area contributed by atoms with Crippen LogP contribution in [-0.4, -0.2) is 45.9 Å². The molecule has 12 heteroatoms. The van der Waals surface area contributed by atoms with Crippen LogP contribution in [0.1, 0.15) is 31.9 Å². The highest BCUT2D eigenvalue weighted by Gasteiger charge is 2.24. The molecule has 0 unspecified atom stereocenters. The van der Waals surface area contributed by atoms with Gasteiger partial charge in [-0.1, -0.05) is 24.3 Å². The number of nitrogens with two attached hydrogens (primary N) is 1. The number of ether oxygens (including phenoxy) is 1. The minimum atomic E-state index is -1.21. The lowest BCUT2D eigenvalue weighted by Gasteiger charge is -2.22. The highest BCUT2D eigenvalue weighted by atomic mass is 32.1. The number of carbonyl (C=O) groups excluding carboxylic acids is 1. The second kappa shape index (κ2) is 16.0. The number of carboxylic acids is 2. The Bertz CT molecular complexity index is 973. The Balaban J connectivity index is 0. The monoisotopic (exact) mass is 534 g/mol. The molecule has 0 bridgehead atoms. The molecule has 0 aliphatic heterocycles. The van der Waals surface area contributed by atoms with Gasteiger partial charge in [0, 0.05) is 6.42 Å². The standard InChI is InChI=1S/C14H18FNO4.C9H10FNO2.2H2S/c1-14(2,3)20-13(19)16-11(12(17)18)8-9-5-4-6-10(15)7-9;10-7-3-1-2-6(4-7)5-8(11)9(12)13;;/h4-7,11H,8H2,1-3H3,(H,16,19)(H,17,18);1-4,8H,5,11H2,(H,12,13);2*1H2/t11-;8-;;/m00../s1. The Hall–Kier alpha value is -2.83. The summed E-state index contributed by atoms with van der Waals surface area (Å²) >= 11 is 0. The van der Waals surface area contributed by atoms with E-state index < -0.39 is 41.5 Å². The van der Waals surface area contributed by atoms with Crippen molar-refractivity contribution in [3.05, 3.63) is 71.3 Å². The summed E-state index contributed by atoms with van der Waals surface area (Å²) in [6.45, 7) is 5.03. The van der Waals surface area contributed by atoms with Gasteiger partial charge in [-0.3, -0.25) is 4.79 Å². The molecule has 0 saturated heterocycles. The molecule has 2 aromatic rings. The van der Waals surface area contributed by atoms with Crippen molar-refractivity contribution >= 4 is 45.0 Å². The fourth-order valence-electron chi connectivity index (χ4n) is 2.55. The quantitative estimate of drug-likeness (QED) is 0.427. The van der Waals surface area contributed by atoms with E-state index in [4.69, 9.17) is 20.7 Å². The topological polar surface area (TPSA) is 139 Å². The molecular formula is C23H32F2N2O6S2. The van der Waals surface area contributed by atoms with Crippen LogP contribution in [0.25, 0.3) is 0 Å². The Morgan fingerprint density at radius 1 is 0.914 bits per heavy atom. The Labute approximate surface area is 216 Å². The predicted octanol–water partition coefficient (Wildman–Crippen LogP) is 3.35. The van der Waals surface area contributed by atoms with Crippen molar-refractivity contribution in [3.63, 3.8) is 0 Å². The average molecular weight is 535 g/mol. The largest absolute Gasteiger partial charge is 0.480 e. The van der Waals surface area contributed by atoms with E-state index in [0.717, 1.165) is 0 Å². The van der Waals surface area contributed by atoms with Gasteiger partial charge in [0.2, 0.25) is 0 Å². The summed E-state index contributed by atoms with van der Waals surface area (Å²) in [6, 6.07) is 9.18. The van der Waals surface area contributed by atoms with Gasteiger partial charge in [0.15, 0.2) is 0 Å². The molecule has 2 atom stereocenters. The van der Waals surface area contributed by atoms with Crippen molar-refractivity contribution in [1.82, 2.24) is 5.32 Å². The first-order valence-electron chi connectivity index (χ1n) is 9.96. The van der Waals surface area contributed by atoms with Gasteiger partial charge in [0.05, 0.1) is 0 Å².